The number of benzene rings is 2. The number of piperidine rings is 1. The van der Waals surface area contributed by atoms with Gasteiger partial charge in [0.05, 0.1) is 17.9 Å². The molecule has 0 bridgehead atoms. The molecule has 1 aliphatic carbocycles. The van der Waals surface area contributed by atoms with Gasteiger partial charge in [-0.1, -0.05) is 72.7 Å². The van der Waals surface area contributed by atoms with Gasteiger partial charge in [-0.25, -0.2) is 0 Å². The molecule has 8 heteroatoms. The fourth-order valence-corrected chi connectivity index (χ4v) is 7.98. The molecule has 2 aromatic rings. The molecule has 3 aliphatic heterocycles. The maximum atomic E-state index is 14.1. The van der Waals surface area contributed by atoms with E-state index in [1.807, 2.05) is 30.3 Å². The third kappa shape index (κ3) is 6.10. The number of nitrogens with zero attached hydrogens (tertiary/aromatic N) is 2. The van der Waals surface area contributed by atoms with E-state index in [0.717, 1.165) is 62.0 Å². The topological polar surface area (TPSA) is 90.3 Å². The van der Waals surface area contributed by atoms with Crippen molar-refractivity contribution in [2.75, 3.05) is 13.1 Å². The van der Waals surface area contributed by atoms with Gasteiger partial charge in [0, 0.05) is 31.2 Å². The van der Waals surface area contributed by atoms with Gasteiger partial charge in [0.15, 0.2) is 0 Å². The second-order valence-corrected chi connectivity index (χ2v) is 12.8. The van der Waals surface area contributed by atoms with Crippen molar-refractivity contribution in [3.63, 3.8) is 0 Å². The van der Waals surface area contributed by atoms with E-state index in [9.17, 15) is 19.7 Å². The first-order valence-electron chi connectivity index (χ1n) is 16.0. The summed E-state index contributed by atoms with van der Waals surface area (Å²) in [5.41, 5.74) is 5.50. The van der Waals surface area contributed by atoms with Crippen LogP contribution in [-0.4, -0.2) is 64.1 Å². The van der Waals surface area contributed by atoms with E-state index in [0.29, 0.717) is 19.2 Å². The Hall–Kier alpha value is -3.20. The van der Waals surface area contributed by atoms with Gasteiger partial charge in [-0.3, -0.25) is 19.4 Å². The fraction of sp³-hybridized carbons (Fsp3) is 0.486. The first kappa shape index (κ1) is 29.9. The summed E-state index contributed by atoms with van der Waals surface area (Å²) in [5, 5.41) is 21.1. The molecule has 4 atom stereocenters. The zero-order chi connectivity index (χ0) is 30.1. The normalized spacial score (nSPS) is 27.1. The van der Waals surface area contributed by atoms with Gasteiger partial charge in [-0.15, -0.1) is 0 Å². The summed E-state index contributed by atoms with van der Waals surface area (Å²) >= 11 is 0. The molecule has 4 aliphatic rings. The number of likely N-dealkylation sites (tertiary alicyclic amines) is 2. The van der Waals surface area contributed by atoms with Gasteiger partial charge < -0.3 is 14.8 Å². The number of fused-ring (bicyclic) bond motifs is 3. The Labute approximate surface area is 255 Å². The van der Waals surface area contributed by atoms with Crippen molar-refractivity contribution in [1.82, 2.24) is 9.80 Å². The second kappa shape index (κ2) is 12.8. The number of hydrogen-bond acceptors (Lipinski definition) is 6. The molecule has 2 N–H and O–H groups in total. The molecule has 0 radical (unpaired) electrons. The minimum Gasteiger partial charge on any atom is -0.507 e. The van der Waals surface area contributed by atoms with Crippen LogP contribution < -0.4 is 0 Å². The van der Waals surface area contributed by atoms with Crippen LogP contribution in [0, 0.1) is 17.8 Å². The van der Waals surface area contributed by atoms with Gasteiger partial charge in [0.2, 0.25) is 11.8 Å². The standard InChI is InChI=1S/C35H43BN2O5/c1-3-24(20-26-11-7-8-12-30(26)39)13-14-31-32-23(2)19-28-33(29(32)21-36(42)43-31)35(41)38(34(28)40)27-15-17-37(18-16-27)22-25-9-5-4-6-10-25/h4-12,20,27-29,31,33,39,42H,3,13-19,21-22H2,1-2H3/b24-20+/t28-,29+,31-,33-/m1/s1. The van der Waals surface area contributed by atoms with Crippen LogP contribution in [-0.2, 0) is 20.8 Å². The maximum absolute atomic E-state index is 14.1. The number of phenols is 1. The lowest BCUT2D eigenvalue weighted by Gasteiger charge is -2.42. The molecule has 2 amide bonds. The van der Waals surface area contributed by atoms with Crippen molar-refractivity contribution in [1.29, 1.82) is 0 Å². The molecule has 0 aromatic heterocycles. The Kier molecular flexibility index (Phi) is 8.89. The number of phenolic OH excluding ortho intramolecular Hbond substituents is 1. The number of carbonyl (C=O) groups is 2. The van der Waals surface area contributed by atoms with E-state index in [4.69, 9.17) is 4.65 Å². The van der Waals surface area contributed by atoms with E-state index >= 15 is 0 Å². The van der Waals surface area contributed by atoms with E-state index in [-0.39, 0.29) is 41.5 Å². The number of hydrogen-bond donors (Lipinski definition) is 2. The minimum absolute atomic E-state index is 0.0219. The van der Waals surface area contributed by atoms with E-state index < -0.39 is 13.0 Å². The Bertz CT molecular complexity index is 1400. The third-order valence-electron chi connectivity index (χ3n) is 10.1. The lowest BCUT2D eigenvalue weighted by molar-refractivity contribution is -0.144. The zero-order valence-corrected chi connectivity index (χ0v) is 25.3. The van der Waals surface area contributed by atoms with Crippen molar-refractivity contribution < 1.29 is 24.4 Å². The highest BCUT2D eigenvalue weighted by Crippen LogP contribution is 2.51. The molecular formula is C35H43BN2O5. The average Bonchev–Trinajstić information content (AvgIpc) is 3.25. The molecule has 3 saturated heterocycles. The van der Waals surface area contributed by atoms with Crippen LogP contribution in [0.4, 0.5) is 0 Å². The Morgan fingerprint density at radius 3 is 2.47 bits per heavy atom. The zero-order valence-electron chi connectivity index (χ0n) is 25.3. The van der Waals surface area contributed by atoms with Crippen molar-refractivity contribution in [2.24, 2.45) is 17.8 Å². The van der Waals surface area contributed by atoms with Crippen LogP contribution in [0.15, 0.2) is 71.3 Å². The summed E-state index contributed by atoms with van der Waals surface area (Å²) in [5.74, 6) is -0.761. The van der Waals surface area contributed by atoms with Crippen molar-refractivity contribution >= 4 is 25.0 Å². The van der Waals surface area contributed by atoms with Crippen LogP contribution in [0.5, 0.6) is 5.75 Å². The summed E-state index contributed by atoms with van der Waals surface area (Å²) in [4.78, 5) is 31.9. The van der Waals surface area contributed by atoms with Gasteiger partial charge in [0.25, 0.3) is 0 Å². The van der Waals surface area contributed by atoms with Crippen LogP contribution in [0.25, 0.3) is 6.08 Å². The first-order valence-corrected chi connectivity index (χ1v) is 16.0. The summed E-state index contributed by atoms with van der Waals surface area (Å²) < 4.78 is 6.12. The van der Waals surface area contributed by atoms with Gasteiger partial charge in [-0.2, -0.15) is 0 Å². The number of allylic oxidation sites excluding steroid dienone is 2. The molecule has 0 saturated carbocycles. The fourth-order valence-electron chi connectivity index (χ4n) is 7.98. The molecule has 226 valence electrons. The molecule has 7 nitrogen and oxygen atoms in total. The molecule has 2 aromatic carbocycles. The number of imide groups is 1. The third-order valence-corrected chi connectivity index (χ3v) is 10.1. The Balaban J connectivity index is 1.15. The van der Waals surface area contributed by atoms with Gasteiger partial charge >= 0.3 is 7.12 Å². The van der Waals surface area contributed by atoms with Gasteiger partial charge in [-0.05, 0) is 74.9 Å². The monoisotopic (exact) mass is 582 g/mol. The highest BCUT2D eigenvalue weighted by atomic mass is 16.5. The minimum atomic E-state index is -0.962. The number of rotatable bonds is 8. The van der Waals surface area contributed by atoms with Crippen molar-refractivity contribution in [2.45, 2.75) is 77.4 Å². The van der Waals surface area contributed by atoms with Crippen LogP contribution in [0.3, 0.4) is 0 Å². The van der Waals surface area contributed by atoms with Crippen LogP contribution in [0.2, 0.25) is 6.32 Å². The SMILES string of the molecule is CC/C(=C\c1ccccc1O)CC[C@H]1OB(O)C[C@H]2C1=C(C)C[C@H]1C(=O)N(C3CCN(Cc4ccccc4)CC3)C(=O)[C@H]12. The predicted octanol–water partition coefficient (Wildman–Crippen LogP) is 5.45. The Morgan fingerprint density at radius 1 is 1.02 bits per heavy atom. The predicted molar refractivity (Wildman–Crippen MR) is 168 cm³/mol. The summed E-state index contributed by atoms with van der Waals surface area (Å²) in [6.07, 6.45) is 6.52. The molecule has 3 fully saturated rings. The van der Waals surface area contributed by atoms with Crippen molar-refractivity contribution in [3.05, 3.63) is 82.4 Å². The van der Waals surface area contributed by atoms with Crippen molar-refractivity contribution in [3.8, 4) is 5.75 Å². The second-order valence-electron chi connectivity index (χ2n) is 12.8. The van der Waals surface area contributed by atoms with Crippen LogP contribution in [0.1, 0.15) is 63.5 Å². The molecule has 6 rings (SSSR count). The number of carbonyl (C=O) groups excluding carboxylic acids is 2. The summed E-state index contributed by atoms with van der Waals surface area (Å²) in [6, 6.07) is 17.7. The average molecular weight is 583 g/mol. The lowest BCUT2D eigenvalue weighted by Crippen LogP contribution is -2.48. The number of para-hydroxylation sites is 1. The molecule has 3 heterocycles. The molecule has 0 unspecified atom stereocenters. The number of amides is 2. The molecular weight excluding hydrogens is 539 g/mol. The maximum Gasteiger partial charge on any atom is 0.455 e. The van der Waals surface area contributed by atoms with E-state index in [1.54, 1.807) is 11.0 Å². The van der Waals surface area contributed by atoms with Gasteiger partial charge in [0.1, 0.15) is 5.75 Å². The van der Waals surface area contributed by atoms with Crippen LogP contribution >= 0.6 is 0 Å². The highest BCUT2D eigenvalue weighted by molar-refractivity contribution is 6.43. The van der Waals surface area contributed by atoms with E-state index in [2.05, 4.69) is 43.0 Å². The van der Waals surface area contributed by atoms with E-state index in [1.165, 1.54) is 11.1 Å². The smallest absolute Gasteiger partial charge is 0.455 e. The first-order chi connectivity index (χ1) is 20.8. The summed E-state index contributed by atoms with van der Waals surface area (Å²) in [7, 11) is -0.962. The largest absolute Gasteiger partial charge is 0.507 e. The highest BCUT2D eigenvalue weighted by Gasteiger charge is 2.58. The molecule has 43 heavy (non-hydrogen) atoms. The summed E-state index contributed by atoms with van der Waals surface area (Å²) in [6.45, 7) is 6.79. The number of aromatic hydroxyl groups is 1. The quantitative estimate of drug-likeness (QED) is 0.245. The lowest BCUT2D eigenvalue weighted by atomic mass is 9.58. The Morgan fingerprint density at radius 2 is 1.74 bits per heavy atom. The molecule has 0 spiro atoms.